The Kier molecular flexibility index (Phi) is 5.45. The van der Waals surface area contributed by atoms with Crippen LogP contribution in [0, 0.1) is 6.92 Å². The van der Waals surface area contributed by atoms with Crippen LogP contribution in [0.3, 0.4) is 0 Å². The number of aromatic nitrogens is 2. The number of hydrogen-bond donors (Lipinski definition) is 1. The Morgan fingerprint density at radius 2 is 1.92 bits per heavy atom. The smallest absolute Gasteiger partial charge is 0.232 e. The molecule has 0 aliphatic heterocycles. The standard InChI is InChI=1S/C18H19N3O2S2/c1-11(2)23-15-6-4-13(5-7-15)16-10-25-18(20-16)21-17(22)8-14-9-24-12(3)19-14/h4-7,9-11H,8H2,1-3H3,(H,20,21,22). The Morgan fingerprint density at radius 1 is 1.16 bits per heavy atom. The minimum atomic E-state index is -0.105. The van der Waals surface area contributed by atoms with Crippen LogP contribution in [0.25, 0.3) is 11.3 Å². The molecule has 1 N–H and O–H groups in total. The highest BCUT2D eigenvalue weighted by Gasteiger charge is 2.10. The molecule has 1 amide bonds. The first-order chi connectivity index (χ1) is 12.0. The summed E-state index contributed by atoms with van der Waals surface area (Å²) >= 11 is 2.96. The van der Waals surface area contributed by atoms with Crippen LogP contribution in [-0.4, -0.2) is 22.0 Å². The third-order valence-corrected chi connectivity index (χ3v) is 4.86. The number of amides is 1. The van der Waals surface area contributed by atoms with Gasteiger partial charge < -0.3 is 10.1 Å². The number of aryl methyl sites for hydroxylation is 1. The highest BCUT2D eigenvalue weighted by Crippen LogP contribution is 2.27. The highest BCUT2D eigenvalue weighted by molar-refractivity contribution is 7.14. The van der Waals surface area contributed by atoms with Gasteiger partial charge in [0.15, 0.2) is 5.13 Å². The Hall–Kier alpha value is -2.25. The molecule has 0 bridgehead atoms. The average Bonchev–Trinajstić information content (AvgIpc) is 3.17. The summed E-state index contributed by atoms with van der Waals surface area (Å²) in [6.45, 7) is 5.92. The van der Waals surface area contributed by atoms with Crippen molar-refractivity contribution in [1.29, 1.82) is 0 Å². The second kappa shape index (κ2) is 7.76. The number of thiazole rings is 2. The summed E-state index contributed by atoms with van der Waals surface area (Å²) in [6.07, 6.45) is 0.411. The van der Waals surface area contributed by atoms with Gasteiger partial charge in [0, 0.05) is 16.3 Å². The summed E-state index contributed by atoms with van der Waals surface area (Å²) in [5.74, 6) is 0.730. The van der Waals surface area contributed by atoms with E-state index < -0.39 is 0 Å². The maximum Gasteiger partial charge on any atom is 0.232 e. The first kappa shape index (κ1) is 17.6. The Labute approximate surface area is 154 Å². The molecule has 0 aliphatic rings. The number of rotatable bonds is 6. The third kappa shape index (κ3) is 4.87. The molecule has 3 aromatic rings. The Morgan fingerprint density at radius 3 is 2.56 bits per heavy atom. The van der Waals surface area contributed by atoms with Crippen molar-refractivity contribution in [2.45, 2.75) is 33.3 Å². The second-order valence-corrected chi connectivity index (χ2v) is 7.73. The molecule has 0 radical (unpaired) electrons. The fourth-order valence-corrected chi connectivity index (χ4v) is 3.61. The first-order valence-electron chi connectivity index (χ1n) is 7.93. The largest absolute Gasteiger partial charge is 0.491 e. The maximum absolute atomic E-state index is 12.1. The Balaban J connectivity index is 1.62. The topological polar surface area (TPSA) is 64.1 Å². The van der Waals surface area contributed by atoms with Gasteiger partial charge in [0.05, 0.1) is 28.9 Å². The van der Waals surface area contributed by atoms with Crippen LogP contribution in [0.5, 0.6) is 5.75 Å². The normalized spacial score (nSPS) is 10.9. The molecule has 0 spiro atoms. The van der Waals surface area contributed by atoms with Gasteiger partial charge in [0.2, 0.25) is 5.91 Å². The van der Waals surface area contributed by atoms with E-state index in [-0.39, 0.29) is 18.4 Å². The number of carbonyl (C=O) groups is 1. The predicted octanol–water partition coefficient (Wildman–Crippen LogP) is 4.54. The van der Waals surface area contributed by atoms with Crippen molar-refractivity contribution in [3.63, 3.8) is 0 Å². The molecule has 25 heavy (non-hydrogen) atoms. The number of nitrogens with one attached hydrogen (secondary N) is 1. The fourth-order valence-electron chi connectivity index (χ4n) is 2.26. The third-order valence-electron chi connectivity index (χ3n) is 3.28. The van der Waals surface area contributed by atoms with Gasteiger partial charge in [-0.1, -0.05) is 0 Å². The maximum atomic E-state index is 12.1. The van der Waals surface area contributed by atoms with Crippen LogP contribution in [0.15, 0.2) is 35.0 Å². The van der Waals surface area contributed by atoms with E-state index in [2.05, 4.69) is 15.3 Å². The number of anilines is 1. The van der Waals surface area contributed by atoms with Crippen molar-refractivity contribution < 1.29 is 9.53 Å². The van der Waals surface area contributed by atoms with Gasteiger partial charge in [0.1, 0.15) is 5.75 Å². The molecule has 0 saturated carbocycles. The van der Waals surface area contributed by atoms with Crippen LogP contribution in [-0.2, 0) is 11.2 Å². The molecular formula is C18H19N3O2S2. The van der Waals surface area contributed by atoms with E-state index in [9.17, 15) is 4.79 Å². The molecule has 0 unspecified atom stereocenters. The minimum absolute atomic E-state index is 0.105. The van der Waals surface area contributed by atoms with Crippen LogP contribution >= 0.6 is 22.7 Å². The summed E-state index contributed by atoms with van der Waals surface area (Å²) in [4.78, 5) is 20.9. The Bertz CT molecular complexity index is 853. The SMILES string of the molecule is Cc1nc(CC(=O)Nc2nc(-c3ccc(OC(C)C)cc3)cs2)cs1. The number of hydrogen-bond acceptors (Lipinski definition) is 6. The first-order valence-corrected chi connectivity index (χ1v) is 9.69. The molecule has 2 heterocycles. The predicted molar refractivity (Wildman–Crippen MR) is 102 cm³/mol. The van der Waals surface area contributed by atoms with Gasteiger partial charge in [-0.25, -0.2) is 9.97 Å². The second-order valence-electron chi connectivity index (χ2n) is 5.81. The number of ether oxygens (including phenoxy) is 1. The fraction of sp³-hybridized carbons (Fsp3) is 0.278. The molecule has 1 aromatic carbocycles. The average molecular weight is 374 g/mol. The number of carbonyl (C=O) groups excluding carboxylic acids is 1. The van der Waals surface area contributed by atoms with Crippen molar-refractivity contribution in [2.75, 3.05) is 5.32 Å². The molecule has 0 fully saturated rings. The molecule has 0 atom stereocenters. The lowest BCUT2D eigenvalue weighted by Crippen LogP contribution is -2.14. The van der Waals surface area contributed by atoms with Gasteiger partial charge in [-0.2, -0.15) is 0 Å². The van der Waals surface area contributed by atoms with E-state index >= 15 is 0 Å². The lowest BCUT2D eigenvalue weighted by Gasteiger charge is -2.09. The van der Waals surface area contributed by atoms with Crippen molar-refractivity contribution in [2.24, 2.45) is 0 Å². The van der Waals surface area contributed by atoms with Crippen molar-refractivity contribution >= 4 is 33.7 Å². The lowest BCUT2D eigenvalue weighted by atomic mass is 10.2. The zero-order valence-corrected chi connectivity index (χ0v) is 15.9. The van der Waals surface area contributed by atoms with Gasteiger partial charge in [-0.15, -0.1) is 22.7 Å². The van der Waals surface area contributed by atoms with E-state index in [1.165, 1.54) is 11.3 Å². The quantitative estimate of drug-likeness (QED) is 0.689. The zero-order valence-electron chi connectivity index (χ0n) is 14.3. The summed E-state index contributed by atoms with van der Waals surface area (Å²) in [5, 5.41) is 8.23. The minimum Gasteiger partial charge on any atom is -0.491 e. The molecule has 130 valence electrons. The van der Waals surface area contributed by atoms with E-state index in [1.54, 1.807) is 11.3 Å². The van der Waals surface area contributed by atoms with Gasteiger partial charge in [-0.05, 0) is 45.0 Å². The lowest BCUT2D eigenvalue weighted by molar-refractivity contribution is -0.115. The molecule has 7 heteroatoms. The van der Waals surface area contributed by atoms with E-state index in [0.717, 1.165) is 27.7 Å². The molecule has 2 aromatic heterocycles. The summed E-state index contributed by atoms with van der Waals surface area (Å²) in [5.41, 5.74) is 2.61. The zero-order chi connectivity index (χ0) is 17.8. The van der Waals surface area contributed by atoms with Crippen molar-refractivity contribution in [1.82, 2.24) is 9.97 Å². The van der Waals surface area contributed by atoms with E-state index in [0.29, 0.717) is 5.13 Å². The molecule has 0 saturated heterocycles. The number of nitrogens with zero attached hydrogens (tertiary/aromatic N) is 2. The monoisotopic (exact) mass is 373 g/mol. The summed E-state index contributed by atoms with van der Waals surface area (Å²) < 4.78 is 5.64. The summed E-state index contributed by atoms with van der Waals surface area (Å²) in [6, 6.07) is 7.79. The number of benzene rings is 1. The highest BCUT2D eigenvalue weighted by atomic mass is 32.1. The molecule has 3 rings (SSSR count). The van der Waals surface area contributed by atoms with E-state index in [4.69, 9.17) is 4.74 Å². The molecule has 0 aliphatic carbocycles. The van der Waals surface area contributed by atoms with Crippen LogP contribution in [0.2, 0.25) is 0 Å². The van der Waals surface area contributed by atoms with Crippen molar-refractivity contribution in [3.05, 3.63) is 45.7 Å². The van der Waals surface area contributed by atoms with Crippen LogP contribution in [0.1, 0.15) is 24.5 Å². The molecular weight excluding hydrogens is 354 g/mol. The van der Waals surface area contributed by atoms with Crippen molar-refractivity contribution in [3.8, 4) is 17.0 Å². The summed E-state index contributed by atoms with van der Waals surface area (Å²) in [7, 11) is 0. The van der Waals surface area contributed by atoms with E-state index in [1.807, 2.05) is 55.8 Å². The van der Waals surface area contributed by atoms with Gasteiger partial charge >= 0.3 is 0 Å². The van der Waals surface area contributed by atoms with Gasteiger partial charge in [-0.3, -0.25) is 4.79 Å². The van der Waals surface area contributed by atoms with Gasteiger partial charge in [0.25, 0.3) is 0 Å². The molecule has 5 nitrogen and oxygen atoms in total. The van der Waals surface area contributed by atoms with Crippen LogP contribution < -0.4 is 10.1 Å². The van der Waals surface area contributed by atoms with Crippen LogP contribution in [0.4, 0.5) is 5.13 Å².